The van der Waals surface area contributed by atoms with Crippen LogP contribution in [-0.2, 0) is 0 Å². The van der Waals surface area contributed by atoms with Gasteiger partial charge in [0, 0.05) is 11.1 Å². The van der Waals surface area contributed by atoms with Gasteiger partial charge in [-0.15, -0.1) is 0 Å². The fourth-order valence-electron chi connectivity index (χ4n) is 3.06. The highest BCUT2D eigenvalue weighted by Crippen LogP contribution is 2.36. The van der Waals surface area contributed by atoms with E-state index in [9.17, 15) is 0 Å². The molecule has 2 aromatic carbocycles. The summed E-state index contributed by atoms with van der Waals surface area (Å²) in [7, 11) is 0. The van der Waals surface area contributed by atoms with E-state index in [0.717, 1.165) is 17.0 Å². The molecule has 0 heteroatoms. The van der Waals surface area contributed by atoms with Crippen molar-refractivity contribution >= 4 is 0 Å². The molecule has 1 aliphatic rings. The van der Waals surface area contributed by atoms with E-state index in [1.54, 1.807) is 5.92 Å². The molecule has 0 unspecified atom stereocenters. The number of aryl methyl sites for hydroxylation is 1. The smallest absolute Gasteiger partial charge is 0.0249 e. The van der Waals surface area contributed by atoms with Crippen LogP contribution in [0.25, 0.3) is 0 Å². The van der Waals surface area contributed by atoms with Crippen LogP contribution in [-0.4, -0.2) is 0 Å². The van der Waals surface area contributed by atoms with Gasteiger partial charge in [0.15, 0.2) is 0 Å². The second-order valence-electron chi connectivity index (χ2n) is 6.47. The Bertz CT molecular complexity index is 657. The Morgan fingerprint density at radius 3 is 1.77 bits per heavy atom. The molecule has 1 saturated carbocycles. The number of hydrogen-bond donors (Lipinski definition) is 0. The highest BCUT2D eigenvalue weighted by atomic mass is 14.2. The molecule has 22 heavy (non-hydrogen) atoms. The van der Waals surface area contributed by atoms with E-state index in [2.05, 4.69) is 74.2 Å². The molecular formula is C22H23. The molecule has 1 fully saturated rings. The highest BCUT2D eigenvalue weighted by molar-refractivity contribution is 5.44. The molecule has 0 aliphatic heterocycles. The minimum absolute atomic E-state index is 0.739. The lowest BCUT2D eigenvalue weighted by Gasteiger charge is -2.26. The Kier molecular flexibility index (Phi) is 4.64. The van der Waals surface area contributed by atoms with E-state index in [1.807, 2.05) is 0 Å². The van der Waals surface area contributed by atoms with Gasteiger partial charge in [0.25, 0.3) is 0 Å². The second-order valence-corrected chi connectivity index (χ2v) is 6.47. The first-order chi connectivity index (χ1) is 10.7. The minimum Gasteiger partial charge on any atom is -0.0617 e. The van der Waals surface area contributed by atoms with Gasteiger partial charge in [-0.1, -0.05) is 48.6 Å². The van der Waals surface area contributed by atoms with Gasteiger partial charge >= 0.3 is 0 Å². The van der Waals surface area contributed by atoms with Gasteiger partial charge in [0.1, 0.15) is 0 Å². The summed E-state index contributed by atoms with van der Waals surface area (Å²) in [5.41, 5.74) is 4.93. The Balaban J connectivity index is 1.68. The van der Waals surface area contributed by atoms with E-state index in [4.69, 9.17) is 0 Å². The second kappa shape index (κ2) is 6.84. The van der Waals surface area contributed by atoms with E-state index < -0.39 is 0 Å². The molecule has 3 rings (SSSR count). The van der Waals surface area contributed by atoms with Crippen molar-refractivity contribution in [3.05, 3.63) is 76.7 Å². The maximum atomic E-state index is 3.26. The average molecular weight is 287 g/mol. The Labute approximate surface area is 134 Å². The van der Waals surface area contributed by atoms with Crippen LogP contribution >= 0.6 is 0 Å². The molecule has 0 aromatic heterocycles. The lowest BCUT2D eigenvalue weighted by molar-refractivity contribution is 0.472. The quantitative estimate of drug-likeness (QED) is 0.595. The number of benzene rings is 2. The van der Waals surface area contributed by atoms with Crippen LogP contribution in [0.15, 0.2) is 48.5 Å². The number of hydrogen-bond acceptors (Lipinski definition) is 0. The van der Waals surface area contributed by atoms with Crippen molar-refractivity contribution in [2.75, 3.05) is 0 Å². The summed E-state index contributed by atoms with van der Waals surface area (Å²) < 4.78 is 0. The third-order valence-electron chi connectivity index (χ3n) is 4.62. The first-order valence-electron chi connectivity index (χ1n) is 8.21. The predicted octanol–water partition coefficient (Wildman–Crippen LogP) is 5.65. The van der Waals surface area contributed by atoms with Crippen LogP contribution in [0.1, 0.15) is 60.8 Å². The fraction of sp³-hybridized carbons (Fsp3) is 0.318. The minimum atomic E-state index is 0.739. The first kappa shape index (κ1) is 14.9. The zero-order valence-electron chi connectivity index (χ0n) is 13.5. The van der Waals surface area contributed by atoms with Gasteiger partial charge in [-0.3, -0.25) is 0 Å². The zero-order valence-corrected chi connectivity index (χ0v) is 13.5. The van der Waals surface area contributed by atoms with Gasteiger partial charge < -0.3 is 0 Å². The van der Waals surface area contributed by atoms with E-state index in [1.165, 1.54) is 36.8 Å². The summed E-state index contributed by atoms with van der Waals surface area (Å²) >= 11 is 0. The molecule has 0 saturated heterocycles. The molecule has 111 valence electrons. The molecule has 0 nitrogen and oxygen atoms in total. The normalized spacial score (nSPS) is 16.1. The summed E-state index contributed by atoms with van der Waals surface area (Å²) in [6, 6.07) is 17.2. The van der Waals surface area contributed by atoms with Gasteiger partial charge in [0.05, 0.1) is 0 Å². The predicted molar refractivity (Wildman–Crippen MR) is 93.7 cm³/mol. The maximum Gasteiger partial charge on any atom is 0.0249 e. The summed E-state index contributed by atoms with van der Waals surface area (Å²) in [4.78, 5) is 0. The van der Waals surface area contributed by atoms with Gasteiger partial charge in [-0.05, 0) is 74.3 Å². The van der Waals surface area contributed by atoms with Crippen molar-refractivity contribution in [2.45, 2.75) is 45.4 Å². The zero-order chi connectivity index (χ0) is 15.4. The molecule has 0 amide bonds. The Morgan fingerprint density at radius 1 is 0.727 bits per heavy atom. The standard InChI is InChI=1S/C22H23/c1-17-3-7-19(8-4-17)9-10-20-11-15-22(16-12-20)21-13-5-18(2)6-14-21/h3-4,7-8,11-12,15-16,21H,5-6,13-14H2,1-2H3. The molecule has 0 bridgehead atoms. The van der Waals surface area contributed by atoms with E-state index >= 15 is 0 Å². The third-order valence-corrected chi connectivity index (χ3v) is 4.62. The van der Waals surface area contributed by atoms with Crippen LogP contribution in [0.3, 0.4) is 0 Å². The summed E-state index contributed by atoms with van der Waals surface area (Å²) in [5, 5.41) is 0. The molecule has 1 aliphatic carbocycles. The van der Waals surface area contributed by atoms with Crippen LogP contribution in [0.2, 0.25) is 0 Å². The topological polar surface area (TPSA) is 0 Å². The van der Waals surface area contributed by atoms with Crippen molar-refractivity contribution in [1.29, 1.82) is 0 Å². The molecule has 2 aromatic rings. The van der Waals surface area contributed by atoms with Crippen LogP contribution in [0, 0.1) is 24.7 Å². The average Bonchev–Trinajstić information content (AvgIpc) is 2.56. The Hall–Kier alpha value is -2.00. The molecule has 0 spiro atoms. The monoisotopic (exact) mass is 287 g/mol. The lowest BCUT2D eigenvalue weighted by atomic mass is 9.79. The molecule has 0 N–H and O–H groups in total. The van der Waals surface area contributed by atoms with Crippen molar-refractivity contribution in [3.8, 4) is 11.8 Å². The molecule has 0 atom stereocenters. The van der Waals surface area contributed by atoms with Crippen molar-refractivity contribution in [2.24, 2.45) is 0 Å². The summed E-state index contributed by atoms with van der Waals surface area (Å²) in [6.07, 6.45) is 5.19. The third kappa shape index (κ3) is 3.80. The van der Waals surface area contributed by atoms with Gasteiger partial charge in [0.2, 0.25) is 0 Å². The fourth-order valence-corrected chi connectivity index (χ4v) is 3.06. The summed E-state index contributed by atoms with van der Waals surface area (Å²) in [5.74, 6) is 8.91. The van der Waals surface area contributed by atoms with Crippen molar-refractivity contribution < 1.29 is 0 Å². The lowest BCUT2D eigenvalue weighted by Crippen LogP contribution is -2.09. The van der Waals surface area contributed by atoms with Gasteiger partial charge in [-0.2, -0.15) is 0 Å². The van der Waals surface area contributed by atoms with Crippen LogP contribution in [0.5, 0.6) is 0 Å². The first-order valence-corrected chi connectivity index (χ1v) is 8.21. The van der Waals surface area contributed by atoms with Crippen LogP contribution < -0.4 is 0 Å². The van der Waals surface area contributed by atoms with Crippen LogP contribution in [0.4, 0.5) is 0 Å². The van der Waals surface area contributed by atoms with Crippen molar-refractivity contribution in [3.63, 3.8) is 0 Å². The van der Waals surface area contributed by atoms with Crippen molar-refractivity contribution in [1.82, 2.24) is 0 Å². The molecule has 0 heterocycles. The number of rotatable bonds is 1. The maximum absolute atomic E-state index is 3.26. The SMILES string of the molecule is C[C]1CCC(c2ccc(C#Cc3ccc(C)cc3)cc2)CC1. The van der Waals surface area contributed by atoms with Gasteiger partial charge in [-0.25, -0.2) is 0 Å². The van der Waals surface area contributed by atoms with E-state index in [0.29, 0.717) is 0 Å². The molecular weight excluding hydrogens is 264 g/mol. The molecule has 1 radical (unpaired) electrons. The highest BCUT2D eigenvalue weighted by Gasteiger charge is 2.19. The summed E-state index contributed by atoms with van der Waals surface area (Å²) in [6.45, 7) is 4.39. The van der Waals surface area contributed by atoms with E-state index in [-0.39, 0.29) is 0 Å². The largest absolute Gasteiger partial charge is 0.0617 e. The Morgan fingerprint density at radius 2 is 1.23 bits per heavy atom.